The second-order valence-electron chi connectivity index (χ2n) is 5.93. The smallest absolute Gasteiger partial charge is 0.425 e. The van der Waals surface area contributed by atoms with Crippen LogP contribution >= 0.6 is 0 Å². The standard InChI is InChI=1S/C17H14F6N4O2/c1-3-28-17(22,23)15-26-25-13-5-4-10(8-27(13)15)11-6-12(18)14(24-7-11)29-9(2)16(19,20)21/h4-9H,3H2,1-2H3. The minimum absolute atomic E-state index is 0.0931. The number of hydrogen-bond acceptors (Lipinski definition) is 5. The van der Waals surface area contributed by atoms with Crippen LogP contribution in [0.3, 0.4) is 0 Å². The molecule has 29 heavy (non-hydrogen) atoms. The van der Waals surface area contributed by atoms with Gasteiger partial charge >= 0.3 is 12.3 Å². The summed E-state index contributed by atoms with van der Waals surface area (Å²) >= 11 is 0. The molecule has 6 nitrogen and oxygen atoms in total. The van der Waals surface area contributed by atoms with Crippen molar-refractivity contribution in [3.05, 3.63) is 42.2 Å². The molecular weight excluding hydrogens is 406 g/mol. The first-order valence-electron chi connectivity index (χ1n) is 8.29. The molecule has 12 heteroatoms. The van der Waals surface area contributed by atoms with E-state index in [9.17, 15) is 26.3 Å². The summed E-state index contributed by atoms with van der Waals surface area (Å²) in [5, 5.41) is 7.06. The highest BCUT2D eigenvalue weighted by molar-refractivity contribution is 5.64. The minimum Gasteiger partial charge on any atom is -0.463 e. The van der Waals surface area contributed by atoms with Gasteiger partial charge in [-0.3, -0.25) is 4.40 Å². The predicted molar refractivity (Wildman–Crippen MR) is 87.8 cm³/mol. The van der Waals surface area contributed by atoms with Crippen molar-refractivity contribution in [2.75, 3.05) is 6.61 Å². The van der Waals surface area contributed by atoms with Gasteiger partial charge in [0.1, 0.15) is 0 Å². The second kappa shape index (κ2) is 7.50. The molecule has 0 N–H and O–H groups in total. The van der Waals surface area contributed by atoms with Crippen LogP contribution in [-0.4, -0.2) is 38.5 Å². The molecule has 156 valence electrons. The molecule has 0 amide bonds. The Morgan fingerprint density at radius 3 is 2.45 bits per heavy atom. The number of rotatable bonds is 6. The molecule has 0 saturated heterocycles. The number of pyridine rings is 2. The topological polar surface area (TPSA) is 61.5 Å². The molecule has 3 aromatic heterocycles. The number of nitrogens with zero attached hydrogens (tertiary/aromatic N) is 4. The summed E-state index contributed by atoms with van der Waals surface area (Å²) in [6.07, 6.45) is -8.37. The number of fused-ring (bicyclic) bond motifs is 1. The Balaban J connectivity index is 1.96. The maximum atomic E-state index is 14.2. The van der Waals surface area contributed by atoms with Crippen molar-refractivity contribution in [3.63, 3.8) is 0 Å². The SMILES string of the molecule is CCOC(F)(F)c1nnc2ccc(-c3cnc(OC(C)C(F)(F)F)c(F)c3)cn12. The van der Waals surface area contributed by atoms with Gasteiger partial charge in [-0.25, -0.2) is 9.37 Å². The van der Waals surface area contributed by atoms with Crippen LogP contribution in [0.15, 0.2) is 30.6 Å². The Hall–Kier alpha value is -2.89. The van der Waals surface area contributed by atoms with Crippen molar-refractivity contribution in [2.24, 2.45) is 0 Å². The largest absolute Gasteiger partial charge is 0.463 e. The van der Waals surface area contributed by atoms with Crippen LogP contribution in [0.4, 0.5) is 26.3 Å². The molecule has 3 aromatic rings. The van der Waals surface area contributed by atoms with Gasteiger partial charge < -0.3 is 9.47 Å². The summed E-state index contributed by atoms with van der Waals surface area (Å²) in [4.78, 5) is 3.57. The lowest BCUT2D eigenvalue weighted by Crippen LogP contribution is -2.31. The normalized spacial score (nSPS) is 13.7. The molecule has 1 unspecified atom stereocenters. The van der Waals surface area contributed by atoms with Gasteiger partial charge in [0, 0.05) is 23.5 Å². The quantitative estimate of drug-likeness (QED) is 0.555. The molecule has 0 aliphatic carbocycles. The third kappa shape index (κ3) is 4.26. The van der Waals surface area contributed by atoms with E-state index < -0.39 is 35.9 Å². The average molecular weight is 420 g/mol. The fourth-order valence-electron chi connectivity index (χ4n) is 2.41. The van der Waals surface area contributed by atoms with Crippen molar-refractivity contribution in [1.29, 1.82) is 0 Å². The van der Waals surface area contributed by atoms with Gasteiger partial charge in [-0.15, -0.1) is 10.2 Å². The van der Waals surface area contributed by atoms with Crippen molar-refractivity contribution in [3.8, 4) is 17.0 Å². The summed E-state index contributed by atoms with van der Waals surface area (Å²) in [6.45, 7) is 1.84. The summed E-state index contributed by atoms with van der Waals surface area (Å²) in [6, 6.07) is 3.70. The lowest BCUT2D eigenvalue weighted by molar-refractivity contribution is -0.251. The number of ether oxygens (including phenoxy) is 2. The van der Waals surface area contributed by atoms with Gasteiger partial charge in [-0.1, -0.05) is 0 Å². The zero-order chi connectivity index (χ0) is 21.4. The first kappa shape index (κ1) is 20.8. The molecule has 0 bridgehead atoms. The first-order chi connectivity index (χ1) is 13.5. The molecule has 3 rings (SSSR count). The van der Waals surface area contributed by atoms with Crippen LogP contribution in [0.1, 0.15) is 19.7 Å². The van der Waals surface area contributed by atoms with E-state index in [1.165, 1.54) is 25.3 Å². The molecule has 1 atom stereocenters. The Labute approximate surface area is 160 Å². The van der Waals surface area contributed by atoms with E-state index in [4.69, 9.17) is 0 Å². The van der Waals surface area contributed by atoms with Crippen LogP contribution in [-0.2, 0) is 10.8 Å². The lowest BCUT2D eigenvalue weighted by atomic mass is 10.1. The molecule has 3 heterocycles. The fraction of sp³-hybridized carbons (Fsp3) is 0.353. The van der Waals surface area contributed by atoms with Crippen LogP contribution in [0.2, 0.25) is 0 Å². The Bertz CT molecular complexity index is 1020. The molecule has 0 fully saturated rings. The number of aromatic nitrogens is 4. The van der Waals surface area contributed by atoms with E-state index in [0.717, 1.165) is 23.6 Å². The number of alkyl halides is 5. The van der Waals surface area contributed by atoms with Crippen molar-refractivity contribution in [2.45, 2.75) is 32.2 Å². The van der Waals surface area contributed by atoms with Crippen molar-refractivity contribution >= 4 is 5.65 Å². The van der Waals surface area contributed by atoms with E-state index in [1.54, 1.807) is 0 Å². The van der Waals surface area contributed by atoms with Crippen LogP contribution in [0, 0.1) is 5.82 Å². The number of halogens is 6. The van der Waals surface area contributed by atoms with E-state index in [1.807, 2.05) is 0 Å². The molecular formula is C17H14F6N4O2. The Morgan fingerprint density at radius 2 is 1.83 bits per heavy atom. The maximum absolute atomic E-state index is 14.2. The minimum atomic E-state index is -4.69. The average Bonchev–Trinajstić information content (AvgIpc) is 3.06. The molecule has 0 aliphatic rings. The lowest BCUT2D eigenvalue weighted by Gasteiger charge is -2.17. The van der Waals surface area contributed by atoms with Gasteiger partial charge in [-0.2, -0.15) is 22.0 Å². The summed E-state index contributed by atoms with van der Waals surface area (Å²) in [7, 11) is 0. The molecule has 0 saturated carbocycles. The fourth-order valence-corrected chi connectivity index (χ4v) is 2.41. The summed E-state index contributed by atoms with van der Waals surface area (Å²) in [5.41, 5.74) is 0.457. The molecule has 0 aliphatic heterocycles. The predicted octanol–water partition coefficient (Wildman–Crippen LogP) is 4.35. The van der Waals surface area contributed by atoms with Crippen molar-refractivity contribution < 1.29 is 35.8 Å². The zero-order valence-electron chi connectivity index (χ0n) is 15.0. The van der Waals surface area contributed by atoms with Crippen LogP contribution < -0.4 is 4.74 Å². The molecule has 0 radical (unpaired) electrons. The van der Waals surface area contributed by atoms with Gasteiger partial charge in [0.15, 0.2) is 17.6 Å². The highest BCUT2D eigenvalue weighted by Crippen LogP contribution is 2.31. The van der Waals surface area contributed by atoms with Gasteiger partial charge in [0.05, 0.1) is 6.61 Å². The number of hydrogen-bond donors (Lipinski definition) is 0. The molecule has 0 spiro atoms. The van der Waals surface area contributed by atoms with Gasteiger partial charge in [0.2, 0.25) is 5.82 Å². The summed E-state index contributed by atoms with van der Waals surface area (Å²) in [5.74, 6) is -2.74. The third-order valence-electron chi connectivity index (χ3n) is 3.88. The highest BCUT2D eigenvalue weighted by Gasteiger charge is 2.39. The van der Waals surface area contributed by atoms with Gasteiger partial charge in [-0.05, 0) is 32.0 Å². The Kier molecular flexibility index (Phi) is 5.39. The van der Waals surface area contributed by atoms with E-state index in [2.05, 4.69) is 24.7 Å². The second-order valence-corrected chi connectivity index (χ2v) is 5.93. The van der Waals surface area contributed by atoms with Crippen LogP contribution in [0.25, 0.3) is 16.8 Å². The van der Waals surface area contributed by atoms with Gasteiger partial charge in [0.25, 0.3) is 5.88 Å². The Morgan fingerprint density at radius 1 is 1.10 bits per heavy atom. The monoisotopic (exact) mass is 420 g/mol. The third-order valence-corrected chi connectivity index (χ3v) is 3.88. The van der Waals surface area contributed by atoms with Crippen molar-refractivity contribution in [1.82, 2.24) is 19.6 Å². The zero-order valence-corrected chi connectivity index (χ0v) is 15.0. The van der Waals surface area contributed by atoms with Crippen LogP contribution in [0.5, 0.6) is 5.88 Å². The van der Waals surface area contributed by atoms with E-state index >= 15 is 0 Å². The maximum Gasteiger partial charge on any atom is 0.425 e. The highest BCUT2D eigenvalue weighted by atomic mass is 19.4. The van der Waals surface area contributed by atoms with E-state index in [0.29, 0.717) is 0 Å². The molecule has 0 aromatic carbocycles. The first-order valence-corrected chi connectivity index (χ1v) is 8.29. The van der Waals surface area contributed by atoms with E-state index in [-0.39, 0.29) is 23.4 Å². The summed E-state index contributed by atoms with van der Waals surface area (Å²) < 4.78 is 89.8.